The maximum atomic E-state index is 13.5. The van der Waals surface area contributed by atoms with Gasteiger partial charge in [0.25, 0.3) is 0 Å². The van der Waals surface area contributed by atoms with Crippen LogP contribution in [0, 0.1) is 18.7 Å². The van der Waals surface area contributed by atoms with Gasteiger partial charge in [-0.1, -0.05) is 17.3 Å². The number of rotatable bonds is 6. The average Bonchev–Trinajstić information content (AvgIpc) is 3.08. The van der Waals surface area contributed by atoms with E-state index in [1.54, 1.807) is 30.0 Å². The first-order valence-electron chi connectivity index (χ1n) is 8.92. The molecule has 0 aliphatic carbocycles. The lowest BCUT2D eigenvalue weighted by Gasteiger charge is -2.31. The van der Waals surface area contributed by atoms with Crippen molar-refractivity contribution in [2.45, 2.75) is 26.2 Å². The van der Waals surface area contributed by atoms with Crippen LogP contribution in [0.15, 0.2) is 34.9 Å². The van der Waals surface area contributed by atoms with Crippen molar-refractivity contribution in [1.29, 1.82) is 0 Å². The number of likely N-dealkylation sites (tertiary alicyclic amines) is 1. The molecule has 0 bridgehead atoms. The Morgan fingerprint density at radius 3 is 2.74 bits per heavy atom. The van der Waals surface area contributed by atoms with Gasteiger partial charge in [-0.2, -0.15) is 0 Å². The maximum Gasteiger partial charge on any atom is 0.228 e. The zero-order valence-corrected chi connectivity index (χ0v) is 15.1. The third kappa shape index (κ3) is 5.06. The van der Waals surface area contributed by atoms with Gasteiger partial charge in [-0.3, -0.25) is 9.59 Å². The molecular weight excluding hydrogens is 353 g/mol. The minimum absolute atomic E-state index is 0.0580. The van der Waals surface area contributed by atoms with E-state index in [1.165, 1.54) is 12.1 Å². The fourth-order valence-corrected chi connectivity index (χ4v) is 3.01. The molecule has 0 radical (unpaired) electrons. The average molecular weight is 375 g/mol. The number of aromatic nitrogens is 1. The van der Waals surface area contributed by atoms with Crippen LogP contribution in [-0.4, -0.2) is 41.6 Å². The van der Waals surface area contributed by atoms with Crippen LogP contribution in [0.5, 0.6) is 5.75 Å². The van der Waals surface area contributed by atoms with Gasteiger partial charge >= 0.3 is 0 Å². The van der Waals surface area contributed by atoms with E-state index in [0.29, 0.717) is 37.5 Å². The summed E-state index contributed by atoms with van der Waals surface area (Å²) in [6.45, 7) is 2.89. The third-order valence-electron chi connectivity index (χ3n) is 4.51. The van der Waals surface area contributed by atoms with Crippen molar-refractivity contribution in [3.05, 3.63) is 41.9 Å². The van der Waals surface area contributed by atoms with Crippen LogP contribution < -0.4 is 10.1 Å². The SMILES string of the molecule is Cc1cc(NC(=O)C2CCN(C(=O)CCOc3ccccc3F)CC2)no1. The number of benzene rings is 1. The number of aryl methyl sites for hydroxylation is 1. The maximum absolute atomic E-state index is 13.5. The summed E-state index contributed by atoms with van der Waals surface area (Å²) in [4.78, 5) is 26.3. The molecule has 7 nitrogen and oxygen atoms in total. The van der Waals surface area contributed by atoms with E-state index >= 15 is 0 Å². The summed E-state index contributed by atoms with van der Waals surface area (Å²) in [6, 6.07) is 7.76. The molecule has 1 aromatic carbocycles. The molecule has 1 aliphatic rings. The van der Waals surface area contributed by atoms with Crippen LogP contribution in [0.25, 0.3) is 0 Å². The molecule has 1 N–H and O–H groups in total. The summed E-state index contributed by atoms with van der Waals surface area (Å²) in [7, 11) is 0. The molecule has 2 aromatic rings. The second-order valence-electron chi connectivity index (χ2n) is 6.50. The van der Waals surface area contributed by atoms with Crippen molar-refractivity contribution in [2.24, 2.45) is 5.92 Å². The summed E-state index contributed by atoms with van der Waals surface area (Å²) in [6.07, 6.45) is 1.34. The standard InChI is InChI=1S/C19H22FN3O4/c1-13-12-17(22-27-13)21-19(25)14-6-9-23(10-7-14)18(24)8-11-26-16-5-3-2-4-15(16)20/h2-5,12,14H,6-11H2,1H3,(H,21,22,25). The zero-order valence-electron chi connectivity index (χ0n) is 15.1. The van der Waals surface area contributed by atoms with Gasteiger partial charge < -0.3 is 19.5 Å². The normalized spacial score (nSPS) is 14.8. The predicted molar refractivity (Wildman–Crippen MR) is 95.7 cm³/mol. The molecule has 3 rings (SSSR count). The molecule has 2 amide bonds. The number of piperidine rings is 1. The second-order valence-corrected chi connectivity index (χ2v) is 6.50. The van der Waals surface area contributed by atoms with Gasteiger partial charge in [0.05, 0.1) is 13.0 Å². The zero-order chi connectivity index (χ0) is 19.2. The quantitative estimate of drug-likeness (QED) is 0.839. The number of halogens is 1. The molecule has 27 heavy (non-hydrogen) atoms. The van der Waals surface area contributed by atoms with Gasteiger partial charge in [-0.25, -0.2) is 4.39 Å². The van der Waals surface area contributed by atoms with Crippen LogP contribution in [0.1, 0.15) is 25.0 Å². The minimum Gasteiger partial charge on any atom is -0.490 e. The number of carbonyl (C=O) groups is 2. The molecule has 1 aliphatic heterocycles. The summed E-state index contributed by atoms with van der Waals surface area (Å²) >= 11 is 0. The number of hydrogen-bond donors (Lipinski definition) is 1. The molecule has 144 valence electrons. The van der Waals surface area contributed by atoms with Crippen LogP contribution in [-0.2, 0) is 9.59 Å². The van der Waals surface area contributed by atoms with E-state index < -0.39 is 5.82 Å². The number of para-hydroxylation sites is 1. The lowest BCUT2D eigenvalue weighted by atomic mass is 9.95. The molecule has 0 spiro atoms. The highest BCUT2D eigenvalue weighted by Gasteiger charge is 2.27. The van der Waals surface area contributed by atoms with Gasteiger partial charge in [0, 0.05) is 25.1 Å². The van der Waals surface area contributed by atoms with Gasteiger partial charge in [0.2, 0.25) is 11.8 Å². The molecule has 1 saturated heterocycles. The molecule has 2 heterocycles. The van der Waals surface area contributed by atoms with Gasteiger partial charge in [0.1, 0.15) is 5.76 Å². The Hall–Kier alpha value is -2.90. The number of nitrogens with zero attached hydrogens (tertiary/aromatic N) is 2. The fourth-order valence-electron chi connectivity index (χ4n) is 3.01. The van der Waals surface area contributed by atoms with E-state index in [-0.39, 0.29) is 36.5 Å². The van der Waals surface area contributed by atoms with Crippen molar-refractivity contribution in [1.82, 2.24) is 10.1 Å². The van der Waals surface area contributed by atoms with Crippen LogP contribution in [0.2, 0.25) is 0 Å². The van der Waals surface area contributed by atoms with Crippen LogP contribution >= 0.6 is 0 Å². The first-order valence-corrected chi connectivity index (χ1v) is 8.92. The lowest BCUT2D eigenvalue weighted by molar-refractivity contribution is -0.135. The Morgan fingerprint density at radius 2 is 2.07 bits per heavy atom. The summed E-state index contributed by atoms with van der Waals surface area (Å²) in [5.41, 5.74) is 0. The van der Waals surface area contributed by atoms with E-state index in [0.717, 1.165) is 0 Å². The van der Waals surface area contributed by atoms with E-state index in [1.807, 2.05) is 0 Å². The predicted octanol–water partition coefficient (Wildman–Crippen LogP) is 2.77. The van der Waals surface area contributed by atoms with E-state index in [9.17, 15) is 14.0 Å². The highest BCUT2D eigenvalue weighted by atomic mass is 19.1. The molecule has 1 aromatic heterocycles. The number of ether oxygens (including phenoxy) is 1. The largest absolute Gasteiger partial charge is 0.490 e. The van der Waals surface area contributed by atoms with Crippen molar-refractivity contribution < 1.29 is 23.2 Å². The summed E-state index contributed by atoms with van der Waals surface area (Å²) in [5.74, 6) is 0.392. The number of anilines is 1. The fraction of sp³-hybridized carbons (Fsp3) is 0.421. The van der Waals surface area contributed by atoms with Gasteiger partial charge in [-0.05, 0) is 31.9 Å². The molecular formula is C19H22FN3O4. The number of amides is 2. The summed E-state index contributed by atoms with van der Waals surface area (Å²) < 4.78 is 23.7. The first kappa shape index (κ1) is 18.9. The molecule has 0 unspecified atom stereocenters. The minimum atomic E-state index is -0.445. The Balaban J connectivity index is 1.40. The highest BCUT2D eigenvalue weighted by molar-refractivity contribution is 5.91. The Morgan fingerprint density at radius 1 is 1.33 bits per heavy atom. The monoisotopic (exact) mass is 375 g/mol. The Kier molecular flexibility index (Phi) is 6.05. The molecule has 8 heteroatoms. The van der Waals surface area contributed by atoms with E-state index in [2.05, 4.69) is 10.5 Å². The van der Waals surface area contributed by atoms with Crippen molar-refractivity contribution in [3.63, 3.8) is 0 Å². The highest BCUT2D eigenvalue weighted by Crippen LogP contribution is 2.20. The first-order chi connectivity index (χ1) is 13.0. The number of hydrogen-bond acceptors (Lipinski definition) is 5. The van der Waals surface area contributed by atoms with Crippen LogP contribution in [0.3, 0.4) is 0 Å². The smallest absolute Gasteiger partial charge is 0.228 e. The molecule has 1 fully saturated rings. The van der Waals surface area contributed by atoms with E-state index in [4.69, 9.17) is 9.26 Å². The third-order valence-corrected chi connectivity index (χ3v) is 4.51. The second kappa shape index (κ2) is 8.66. The topological polar surface area (TPSA) is 84.7 Å². The van der Waals surface area contributed by atoms with Crippen molar-refractivity contribution >= 4 is 17.6 Å². The van der Waals surface area contributed by atoms with Crippen molar-refractivity contribution in [3.8, 4) is 5.75 Å². The van der Waals surface area contributed by atoms with Crippen LogP contribution in [0.4, 0.5) is 10.2 Å². The Bertz CT molecular complexity index is 800. The molecule has 0 saturated carbocycles. The van der Waals surface area contributed by atoms with Gasteiger partial charge in [0.15, 0.2) is 17.4 Å². The summed E-state index contributed by atoms with van der Waals surface area (Å²) in [5, 5.41) is 6.48. The molecule has 0 atom stereocenters. The van der Waals surface area contributed by atoms with Gasteiger partial charge in [-0.15, -0.1) is 0 Å². The number of carbonyl (C=O) groups excluding carboxylic acids is 2. The number of nitrogens with one attached hydrogen (secondary N) is 1. The Labute approximate surface area is 156 Å². The lowest BCUT2D eigenvalue weighted by Crippen LogP contribution is -2.41. The van der Waals surface area contributed by atoms with Crippen molar-refractivity contribution in [2.75, 3.05) is 25.0 Å².